The molecule has 0 aromatic heterocycles. The molecular weight excluding hydrogens is 348 g/mol. The molecule has 138 valence electrons. The highest BCUT2D eigenvalue weighted by Crippen LogP contribution is 2.25. The Morgan fingerprint density at radius 3 is 2.58 bits per heavy atom. The maximum absolute atomic E-state index is 12.8. The second-order valence-electron chi connectivity index (χ2n) is 6.88. The highest BCUT2D eigenvalue weighted by Gasteiger charge is 2.28. The number of anilines is 1. The maximum atomic E-state index is 12.8. The van der Waals surface area contributed by atoms with E-state index in [9.17, 15) is 13.2 Å². The predicted octanol–water partition coefficient (Wildman–Crippen LogP) is 3.12. The fourth-order valence-corrected chi connectivity index (χ4v) is 4.85. The molecule has 0 saturated carbocycles. The topological polar surface area (TPSA) is 57.7 Å². The van der Waals surface area contributed by atoms with Crippen molar-refractivity contribution in [2.24, 2.45) is 0 Å². The SMILES string of the molecule is Cc1ccc(CN(C)C(=O)c2cccc(N3CCCS3(=O)=O)c2)c(C)c1. The molecule has 26 heavy (non-hydrogen) atoms. The van der Waals surface area contributed by atoms with Crippen LogP contribution in [0.1, 0.15) is 33.5 Å². The quantitative estimate of drug-likeness (QED) is 0.829. The van der Waals surface area contributed by atoms with E-state index in [2.05, 4.69) is 6.07 Å². The van der Waals surface area contributed by atoms with Crippen LogP contribution in [0, 0.1) is 13.8 Å². The fraction of sp³-hybridized carbons (Fsp3) is 0.350. The lowest BCUT2D eigenvalue weighted by atomic mass is 10.1. The van der Waals surface area contributed by atoms with Gasteiger partial charge in [0.1, 0.15) is 0 Å². The maximum Gasteiger partial charge on any atom is 0.253 e. The molecule has 0 N–H and O–H groups in total. The zero-order valence-electron chi connectivity index (χ0n) is 15.4. The van der Waals surface area contributed by atoms with Crippen LogP contribution in [0.15, 0.2) is 42.5 Å². The van der Waals surface area contributed by atoms with E-state index in [0.717, 1.165) is 11.1 Å². The van der Waals surface area contributed by atoms with E-state index < -0.39 is 10.0 Å². The molecule has 1 fully saturated rings. The average molecular weight is 372 g/mol. The smallest absolute Gasteiger partial charge is 0.253 e. The molecule has 5 nitrogen and oxygen atoms in total. The van der Waals surface area contributed by atoms with Gasteiger partial charge in [-0.2, -0.15) is 0 Å². The van der Waals surface area contributed by atoms with Crippen LogP contribution in [0.4, 0.5) is 5.69 Å². The van der Waals surface area contributed by atoms with Gasteiger partial charge in [0.2, 0.25) is 10.0 Å². The Morgan fingerprint density at radius 1 is 1.15 bits per heavy atom. The van der Waals surface area contributed by atoms with E-state index in [1.54, 1.807) is 36.2 Å². The van der Waals surface area contributed by atoms with Gasteiger partial charge in [0.05, 0.1) is 11.4 Å². The van der Waals surface area contributed by atoms with Crippen molar-refractivity contribution < 1.29 is 13.2 Å². The minimum Gasteiger partial charge on any atom is -0.337 e. The van der Waals surface area contributed by atoms with E-state index in [-0.39, 0.29) is 11.7 Å². The second kappa shape index (κ2) is 7.11. The van der Waals surface area contributed by atoms with E-state index in [1.165, 1.54) is 9.87 Å². The van der Waals surface area contributed by atoms with Crippen molar-refractivity contribution in [2.75, 3.05) is 23.7 Å². The molecule has 1 amide bonds. The molecule has 0 spiro atoms. The Balaban J connectivity index is 1.80. The number of carbonyl (C=O) groups is 1. The van der Waals surface area contributed by atoms with Gasteiger partial charge in [0.25, 0.3) is 5.91 Å². The molecule has 1 heterocycles. The first kappa shape index (κ1) is 18.5. The molecule has 0 unspecified atom stereocenters. The number of rotatable bonds is 4. The lowest BCUT2D eigenvalue weighted by Crippen LogP contribution is -2.28. The summed E-state index contributed by atoms with van der Waals surface area (Å²) in [5.41, 5.74) is 4.51. The summed E-state index contributed by atoms with van der Waals surface area (Å²) in [6.07, 6.45) is 0.618. The van der Waals surface area contributed by atoms with Gasteiger partial charge in [-0.1, -0.05) is 29.8 Å². The molecule has 6 heteroatoms. The fourth-order valence-electron chi connectivity index (χ4n) is 3.29. The van der Waals surface area contributed by atoms with Crippen molar-refractivity contribution >= 4 is 21.6 Å². The summed E-state index contributed by atoms with van der Waals surface area (Å²) in [4.78, 5) is 14.5. The van der Waals surface area contributed by atoms with Crippen LogP contribution in [0.25, 0.3) is 0 Å². The third-order valence-corrected chi connectivity index (χ3v) is 6.60. The van der Waals surface area contributed by atoms with Gasteiger partial charge in [-0.3, -0.25) is 9.10 Å². The first-order valence-corrected chi connectivity index (χ1v) is 10.3. The van der Waals surface area contributed by atoms with Crippen molar-refractivity contribution in [3.05, 3.63) is 64.7 Å². The summed E-state index contributed by atoms with van der Waals surface area (Å²) in [7, 11) is -1.49. The zero-order chi connectivity index (χ0) is 18.9. The largest absolute Gasteiger partial charge is 0.337 e. The number of benzene rings is 2. The van der Waals surface area contributed by atoms with Crippen molar-refractivity contribution in [2.45, 2.75) is 26.8 Å². The Hall–Kier alpha value is -2.34. The summed E-state index contributed by atoms with van der Waals surface area (Å²) in [5.74, 6) is 0.0426. The van der Waals surface area contributed by atoms with E-state index in [4.69, 9.17) is 0 Å². The Bertz CT molecular complexity index is 938. The number of amides is 1. The van der Waals surface area contributed by atoms with Gasteiger partial charge < -0.3 is 4.90 Å². The molecule has 1 saturated heterocycles. The van der Waals surface area contributed by atoms with Gasteiger partial charge in [-0.25, -0.2) is 8.42 Å². The summed E-state index contributed by atoms with van der Waals surface area (Å²) in [6.45, 7) is 5.07. The third kappa shape index (κ3) is 3.75. The first-order valence-electron chi connectivity index (χ1n) is 8.70. The van der Waals surface area contributed by atoms with Crippen LogP contribution in [0.2, 0.25) is 0 Å². The van der Waals surface area contributed by atoms with Crippen LogP contribution < -0.4 is 4.31 Å². The molecule has 0 atom stereocenters. The first-order chi connectivity index (χ1) is 12.3. The van der Waals surface area contributed by atoms with Gasteiger partial charge in [-0.15, -0.1) is 0 Å². The number of carbonyl (C=O) groups excluding carboxylic acids is 1. The number of hydrogen-bond donors (Lipinski definition) is 0. The number of hydrogen-bond acceptors (Lipinski definition) is 3. The van der Waals surface area contributed by atoms with Gasteiger partial charge >= 0.3 is 0 Å². The normalized spacial score (nSPS) is 15.9. The standard InChI is InChI=1S/C20H24N2O3S/c1-15-8-9-18(16(2)12-15)14-21(3)20(23)17-6-4-7-19(13-17)22-10-5-11-26(22,24)25/h4,6-9,12-13H,5,10-11,14H2,1-3H3. The van der Waals surface area contributed by atoms with Crippen molar-refractivity contribution in [3.63, 3.8) is 0 Å². The van der Waals surface area contributed by atoms with E-state index >= 15 is 0 Å². The summed E-state index contributed by atoms with van der Waals surface area (Å²) in [6, 6.07) is 13.1. The average Bonchev–Trinajstić information content (AvgIpc) is 2.96. The molecule has 0 radical (unpaired) electrons. The number of aryl methyl sites for hydroxylation is 2. The van der Waals surface area contributed by atoms with Crippen LogP contribution in [-0.4, -0.2) is 38.6 Å². The minimum absolute atomic E-state index is 0.122. The van der Waals surface area contributed by atoms with E-state index in [1.807, 2.05) is 26.0 Å². The van der Waals surface area contributed by atoms with Crippen LogP contribution in [0.3, 0.4) is 0 Å². The molecule has 0 aliphatic carbocycles. The lowest BCUT2D eigenvalue weighted by Gasteiger charge is -2.21. The van der Waals surface area contributed by atoms with Crippen LogP contribution in [0.5, 0.6) is 0 Å². The summed E-state index contributed by atoms with van der Waals surface area (Å²) in [5, 5.41) is 0. The van der Waals surface area contributed by atoms with Gasteiger partial charge in [0.15, 0.2) is 0 Å². The third-order valence-electron chi connectivity index (χ3n) is 4.73. The molecule has 0 bridgehead atoms. The highest BCUT2D eigenvalue weighted by atomic mass is 32.2. The Kier molecular flexibility index (Phi) is 5.05. The summed E-state index contributed by atoms with van der Waals surface area (Å²) < 4.78 is 25.6. The zero-order valence-corrected chi connectivity index (χ0v) is 16.2. The van der Waals surface area contributed by atoms with E-state index in [0.29, 0.717) is 30.8 Å². The monoisotopic (exact) mass is 372 g/mol. The molecule has 1 aliphatic heterocycles. The van der Waals surface area contributed by atoms with Gasteiger partial charge in [-0.05, 0) is 49.6 Å². The Morgan fingerprint density at radius 2 is 1.92 bits per heavy atom. The highest BCUT2D eigenvalue weighted by molar-refractivity contribution is 7.93. The van der Waals surface area contributed by atoms with Crippen molar-refractivity contribution in [1.29, 1.82) is 0 Å². The molecular formula is C20H24N2O3S. The van der Waals surface area contributed by atoms with Gasteiger partial charge in [0, 0.05) is 25.7 Å². The van der Waals surface area contributed by atoms with Crippen molar-refractivity contribution in [1.82, 2.24) is 4.90 Å². The lowest BCUT2D eigenvalue weighted by molar-refractivity contribution is 0.0785. The number of sulfonamides is 1. The second-order valence-corrected chi connectivity index (χ2v) is 8.90. The van der Waals surface area contributed by atoms with Crippen molar-refractivity contribution in [3.8, 4) is 0 Å². The molecule has 2 aromatic rings. The molecule has 2 aromatic carbocycles. The van der Waals surface area contributed by atoms with Crippen LogP contribution in [-0.2, 0) is 16.6 Å². The summed E-state index contributed by atoms with van der Waals surface area (Å²) >= 11 is 0. The Labute approximate surface area is 155 Å². The molecule has 1 aliphatic rings. The predicted molar refractivity (Wildman–Crippen MR) is 104 cm³/mol. The number of nitrogens with zero attached hydrogens (tertiary/aromatic N) is 2. The van der Waals surface area contributed by atoms with Crippen LogP contribution >= 0.6 is 0 Å². The molecule has 3 rings (SSSR count). The minimum atomic E-state index is -3.25.